The number of aryl methyl sites for hydroxylation is 1. The average molecular weight is 429 g/mol. The molecule has 0 aliphatic carbocycles. The molecule has 3 rings (SSSR count). The number of H-pyrrole nitrogens is 1. The van der Waals surface area contributed by atoms with Gasteiger partial charge in [0.1, 0.15) is 11.4 Å². The van der Waals surface area contributed by atoms with Gasteiger partial charge in [0.25, 0.3) is 5.91 Å². The standard InChI is InChI=1S/C22H24FN3O5/c1-5-22(14-7-9-15(23)10-8-14)20(29)26(21(30)25-22)11-16(27)18-12(3)17(13(4)24-18)19(28)31-6-2/h7-10,24H,5-6,11H2,1-4H3,(H,25,30)/t22-/m1/s1. The highest BCUT2D eigenvalue weighted by Gasteiger charge is 2.51. The molecule has 9 heteroatoms. The molecule has 2 N–H and O–H groups in total. The summed E-state index contributed by atoms with van der Waals surface area (Å²) in [4.78, 5) is 54.6. The lowest BCUT2D eigenvalue weighted by Gasteiger charge is -2.25. The second-order valence-electron chi connectivity index (χ2n) is 7.36. The fraction of sp³-hybridized carbons (Fsp3) is 0.364. The van der Waals surface area contributed by atoms with E-state index in [1.165, 1.54) is 24.3 Å². The Morgan fingerprint density at radius 1 is 1.13 bits per heavy atom. The van der Waals surface area contributed by atoms with Gasteiger partial charge in [-0.3, -0.25) is 14.5 Å². The fourth-order valence-electron chi connectivity index (χ4n) is 3.90. The molecule has 0 saturated carbocycles. The zero-order chi connectivity index (χ0) is 22.9. The van der Waals surface area contributed by atoms with Crippen molar-refractivity contribution in [3.8, 4) is 0 Å². The molecular weight excluding hydrogens is 405 g/mol. The maximum atomic E-state index is 13.3. The van der Waals surface area contributed by atoms with Crippen LogP contribution in [0, 0.1) is 19.7 Å². The molecule has 0 bridgehead atoms. The highest BCUT2D eigenvalue weighted by Crippen LogP contribution is 2.33. The Morgan fingerprint density at radius 2 is 1.77 bits per heavy atom. The Balaban J connectivity index is 1.88. The van der Waals surface area contributed by atoms with Gasteiger partial charge in [-0.25, -0.2) is 14.0 Å². The van der Waals surface area contributed by atoms with Crippen molar-refractivity contribution < 1.29 is 28.3 Å². The monoisotopic (exact) mass is 429 g/mol. The molecule has 164 valence electrons. The number of amides is 3. The number of imide groups is 1. The number of aromatic amines is 1. The van der Waals surface area contributed by atoms with Gasteiger partial charge in [0.05, 0.1) is 24.4 Å². The summed E-state index contributed by atoms with van der Waals surface area (Å²) in [6.45, 7) is 6.33. The lowest BCUT2D eigenvalue weighted by atomic mass is 9.87. The normalized spacial score (nSPS) is 18.3. The number of benzene rings is 1. The molecule has 2 heterocycles. The van der Waals surface area contributed by atoms with Crippen LogP contribution in [0.5, 0.6) is 0 Å². The molecule has 1 fully saturated rings. The Hall–Kier alpha value is -3.49. The van der Waals surface area contributed by atoms with E-state index in [0.29, 0.717) is 16.8 Å². The molecule has 1 aromatic heterocycles. The van der Waals surface area contributed by atoms with Crippen LogP contribution in [0.15, 0.2) is 24.3 Å². The molecular formula is C22H24FN3O5. The van der Waals surface area contributed by atoms with Crippen molar-refractivity contribution >= 4 is 23.7 Å². The summed E-state index contributed by atoms with van der Waals surface area (Å²) < 4.78 is 18.4. The molecule has 0 spiro atoms. The van der Waals surface area contributed by atoms with Crippen molar-refractivity contribution in [2.75, 3.05) is 13.2 Å². The van der Waals surface area contributed by atoms with E-state index in [1.54, 1.807) is 27.7 Å². The summed E-state index contributed by atoms with van der Waals surface area (Å²) in [7, 11) is 0. The number of hydrogen-bond acceptors (Lipinski definition) is 5. The average Bonchev–Trinajstić information content (AvgIpc) is 3.16. The largest absolute Gasteiger partial charge is 0.462 e. The smallest absolute Gasteiger partial charge is 0.340 e. The van der Waals surface area contributed by atoms with E-state index in [-0.39, 0.29) is 24.3 Å². The number of nitrogens with zero attached hydrogens (tertiary/aromatic N) is 1. The minimum Gasteiger partial charge on any atom is -0.462 e. The lowest BCUT2D eigenvalue weighted by molar-refractivity contribution is -0.131. The third kappa shape index (κ3) is 3.71. The van der Waals surface area contributed by atoms with Gasteiger partial charge in [-0.2, -0.15) is 0 Å². The summed E-state index contributed by atoms with van der Waals surface area (Å²) in [5.74, 6) is -2.13. The fourth-order valence-corrected chi connectivity index (χ4v) is 3.90. The second-order valence-corrected chi connectivity index (χ2v) is 7.36. The molecule has 1 atom stereocenters. The van der Waals surface area contributed by atoms with E-state index in [0.717, 1.165) is 4.90 Å². The van der Waals surface area contributed by atoms with Crippen molar-refractivity contribution in [1.29, 1.82) is 0 Å². The van der Waals surface area contributed by atoms with Gasteiger partial charge in [0, 0.05) is 5.69 Å². The van der Waals surface area contributed by atoms with Crippen LogP contribution in [0.25, 0.3) is 0 Å². The Morgan fingerprint density at radius 3 is 2.35 bits per heavy atom. The van der Waals surface area contributed by atoms with E-state index in [9.17, 15) is 23.6 Å². The van der Waals surface area contributed by atoms with E-state index >= 15 is 0 Å². The predicted molar refractivity (Wildman–Crippen MR) is 109 cm³/mol. The first-order valence-electron chi connectivity index (χ1n) is 9.95. The maximum absolute atomic E-state index is 13.3. The van der Waals surface area contributed by atoms with Crippen LogP contribution in [0.3, 0.4) is 0 Å². The van der Waals surface area contributed by atoms with Gasteiger partial charge in [0.2, 0.25) is 0 Å². The van der Waals surface area contributed by atoms with Crippen LogP contribution in [0.2, 0.25) is 0 Å². The molecule has 0 unspecified atom stereocenters. The van der Waals surface area contributed by atoms with Crippen LogP contribution in [-0.4, -0.2) is 46.7 Å². The van der Waals surface area contributed by atoms with Crippen molar-refractivity contribution in [2.24, 2.45) is 0 Å². The van der Waals surface area contributed by atoms with Gasteiger partial charge in [-0.05, 0) is 50.5 Å². The van der Waals surface area contributed by atoms with Crippen molar-refractivity contribution in [2.45, 2.75) is 39.7 Å². The quantitative estimate of drug-likeness (QED) is 0.400. The highest BCUT2D eigenvalue weighted by atomic mass is 19.1. The van der Waals surface area contributed by atoms with Crippen LogP contribution in [0.4, 0.5) is 9.18 Å². The van der Waals surface area contributed by atoms with E-state index in [4.69, 9.17) is 4.74 Å². The first-order valence-corrected chi connectivity index (χ1v) is 9.95. The molecule has 2 aromatic rings. The minimum atomic E-state index is -1.37. The minimum absolute atomic E-state index is 0.136. The number of nitrogens with one attached hydrogen (secondary N) is 2. The predicted octanol–water partition coefficient (Wildman–Crippen LogP) is 2.99. The topological polar surface area (TPSA) is 109 Å². The van der Waals surface area contributed by atoms with Crippen molar-refractivity contribution in [3.63, 3.8) is 0 Å². The summed E-state index contributed by atoms with van der Waals surface area (Å²) in [5.41, 5.74) is 0.316. The molecule has 1 aliphatic heterocycles. The highest BCUT2D eigenvalue weighted by molar-refractivity contribution is 6.12. The number of carbonyl (C=O) groups is 4. The van der Waals surface area contributed by atoms with Gasteiger partial charge in [-0.15, -0.1) is 0 Å². The number of urea groups is 1. The lowest BCUT2D eigenvalue weighted by Crippen LogP contribution is -2.43. The third-order valence-electron chi connectivity index (χ3n) is 5.54. The van der Waals surface area contributed by atoms with E-state index in [2.05, 4.69) is 10.3 Å². The number of esters is 1. The maximum Gasteiger partial charge on any atom is 0.340 e. The summed E-state index contributed by atoms with van der Waals surface area (Å²) in [6.07, 6.45) is 0.224. The van der Waals surface area contributed by atoms with Crippen molar-refractivity contribution in [1.82, 2.24) is 15.2 Å². The third-order valence-corrected chi connectivity index (χ3v) is 5.54. The Kier molecular flexibility index (Phi) is 5.97. The van der Waals surface area contributed by atoms with Gasteiger partial charge < -0.3 is 15.0 Å². The molecule has 3 amide bonds. The molecule has 1 saturated heterocycles. The number of hydrogen-bond donors (Lipinski definition) is 2. The number of rotatable bonds is 7. The van der Waals surface area contributed by atoms with E-state index < -0.39 is 41.6 Å². The van der Waals surface area contributed by atoms with Gasteiger partial charge >= 0.3 is 12.0 Å². The molecule has 1 aromatic carbocycles. The zero-order valence-electron chi connectivity index (χ0n) is 17.8. The second kappa shape index (κ2) is 8.33. The molecule has 8 nitrogen and oxygen atoms in total. The van der Waals surface area contributed by atoms with Gasteiger partial charge in [0.15, 0.2) is 5.78 Å². The Bertz CT molecular complexity index is 1060. The van der Waals surface area contributed by atoms with Crippen molar-refractivity contribution in [3.05, 3.63) is 58.2 Å². The number of aromatic nitrogens is 1. The number of ether oxygens (including phenoxy) is 1. The number of Topliss-reactive ketones (excluding diaryl/α,β-unsaturated/α-hetero) is 1. The number of carbonyl (C=O) groups excluding carboxylic acids is 4. The van der Waals surface area contributed by atoms with E-state index in [1.807, 2.05) is 0 Å². The van der Waals surface area contributed by atoms with Crippen LogP contribution in [-0.2, 0) is 15.1 Å². The summed E-state index contributed by atoms with van der Waals surface area (Å²) >= 11 is 0. The van der Waals surface area contributed by atoms with Gasteiger partial charge in [-0.1, -0.05) is 19.1 Å². The first kappa shape index (κ1) is 22.2. The summed E-state index contributed by atoms with van der Waals surface area (Å²) in [5, 5.41) is 2.65. The molecule has 1 aliphatic rings. The number of halogens is 1. The van der Waals surface area contributed by atoms with Crippen LogP contribution < -0.4 is 5.32 Å². The number of ketones is 1. The SMILES string of the molecule is CCOC(=O)c1c(C)[nH]c(C(=O)CN2C(=O)N[C@](CC)(c3ccc(F)cc3)C2=O)c1C. The summed E-state index contributed by atoms with van der Waals surface area (Å²) in [6, 6.07) is 4.58. The zero-order valence-corrected chi connectivity index (χ0v) is 17.8. The first-order chi connectivity index (χ1) is 14.7. The Labute approximate surface area is 178 Å². The van der Waals surface area contributed by atoms with Crippen LogP contribution >= 0.6 is 0 Å². The van der Waals surface area contributed by atoms with Crippen LogP contribution in [0.1, 0.15) is 57.9 Å². The molecule has 0 radical (unpaired) electrons. The molecule has 31 heavy (non-hydrogen) atoms.